The molecule has 0 aliphatic carbocycles. The van der Waals surface area contributed by atoms with Crippen LogP contribution < -0.4 is 16.1 Å². The number of anilines is 1. The molecule has 0 aromatic heterocycles. The highest BCUT2D eigenvalue weighted by molar-refractivity contribution is 6.32. The van der Waals surface area contributed by atoms with Crippen LogP contribution in [-0.4, -0.2) is 50.9 Å². The Balaban J connectivity index is 1.62. The van der Waals surface area contributed by atoms with E-state index in [1.807, 2.05) is 18.2 Å². The van der Waals surface area contributed by atoms with E-state index in [4.69, 9.17) is 18.3 Å². The number of benzene rings is 2. The summed E-state index contributed by atoms with van der Waals surface area (Å²) in [6.45, 7) is 2.76. The van der Waals surface area contributed by atoms with Crippen LogP contribution in [0.3, 0.4) is 0 Å². The maximum Gasteiger partial charge on any atom is 0.405 e. The maximum absolute atomic E-state index is 12.7. The number of primary amides is 1. The largest absolute Gasteiger partial charge is 0.441 e. The zero-order valence-electron chi connectivity index (χ0n) is 15.1. The van der Waals surface area contributed by atoms with Gasteiger partial charge >= 0.3 is 6.09 Å². The van der Waals surface area contributed by atoms with Gasteiger partial charge < -0.3 is 20.3 Å². The van der Waals surface area contributed by atoms with Crippen LogP contribution in [0, 0.1) is 0 Å². The SMILES string of the molecule is [B]c1cccc(C(CC(=O)N2CCN(c3ccccc3)CC2)OC(N)=O)c1. The molecule has 1 aliphatic heterocycles. The molecule has 1 saturated heterocycles. The van der Waals surface area contributed by atoms with Crippen LogP contribution in [0.1, 0.15) is 18.1 Å². The number of ether oxygens (including phenoxy) is 1. The number of rotatable bonds is 5. The molecule has 3 rings (SSSR count). The number of hydrogen-bond acceptors (Lipinski definition) is 4. The van der Waals surface area contributed by atoms with Crippen molar-refractivity contribution in [2.45, 2.75) is 12.5 Å². The van der Waals surface area contributed by atoms with Crippen molar-refractivity contribution in [3.63, 3.8) is 0 Å². The van der Waals surface area contributed by atoms with Gasteiger partial charge in [-0.3, -0.25) is 4.79 Å². The Morgan fingerprint density at radius 1 is 1.04 bits per heavy atom. The summed E-state index contributed by atoms with van der Waals surface area (Å²) < 4.78 is 5.17. The van der Waals surface area contributed by atoms with Gasteiger partial charge in [-0.15, -0.1) is 0 Å². The molecule has 7 heteroatoms. The highest BCUT2D eigenvalue weighted by atomic mass is 16.6. The molecular weight excluding hydrogens is 341 g/mol. The van der Waals surface area contributed by atoms with Crippen molar-refractivity contribution in [2.75, 3.05) is 31.1 Å². The van der Waals surface area contributed by atoms with Crippen LogP contribution in [0.15, 0.2) is 54.6 Å². The maximum atomic E-state index is 12.7. The van der Waals surface area contributed by atoms with Crippen molar-refractivity contribution in [1.29, 1.82) is 0 Å². The van der Waals surface area contributed by atoms with Gasteiger partial charge in [0, 0.05) is 31.9 Å². The summed E-state index contributed by atoms with van der Waals surface area (Å²) in [5.74, 6) is -0.0728. The highest BCUT2D eigenvalue weighted by Crippen LogP contribution is 2.23. The summed E-state index contributed by atoms with van der Waals surface area (Å²) >= 11 is 0. The van der Waals surface area contributed by atoms with Crippen LogP contribution in [0.25, 0.3) is 0 Å². The molecule has 6 nitrogen and oxygen atoms in total. The van der Waals surface area contributed by atoms with Crippen molar-refractivity contribution in [2.24, 2.45) is 5.73 Å². The van der Waals surface area contributed by atoms with E-state index >= 15 is 0 Å². The Kier molecular flexibility index (Phi) is 6.01. The molecule has 0 bridgehead atoms. The predicted octanol–water partition coefficient (Wildman–Crippen LogP) is 1.36. The first-order valence-corrected chi connectivity index (χ1v) is 8.92. The number of nitrogens with zero attached hydrogens (tertiary/aromatic N) is 2. The van der Waals surface area contributed by atoms with Crippen molar-refractivity contribution in [3.8, 4) is 0 Å². The molecule has 138 valence electrons. The lowest BCUT2D eigenvalue weighted by molar-refractivity contribution is -0.133. The zero-order valence-corrected chi connectivity index (χ0v) is 15.1. The Morgan fingerprint density at radius 3 is 2.37 bits per heavy atom. The normalized spacial score (nSPS) is 15.3. The van der Waals surface area contributed by atoms with Gasteiger partial charge in [0.2, 0.25) is 5.91 Å². The Hall–Kier alpha value is -2.96. The number of hydrogen-bond donors (Lipinski definition) is 1. The van der Waals surface area contributed by atoms with Crippen molar-refractivity contribution >= 4 is 31.0 Å². The second kappa shape index (κ2) is 8.62. The van der Waals surface area contributed by atoms with E-state index < -0.39 is 12.2 Å². The molecule has 1 aliphatic rings. The third-order valence-corrected chi connectivity index (χ3v) is 4.65. The predicted molar refractivity (Wildman–Crippen MR) is 105 cm³/mol. The summed E-state index contributed by atoms with van der Waals surface area (Å²) in [5, 5.41) is 0. The average molecular weight is 363 g/mol. The average Bonchev–Trinajstić information content (AvgIpc) is 2.68. The van der Waals surface area contributed by atoms with E-state index in [2.05, 4.69) is 17.0 Å². The Morgan fingerprint density at radius 2 is 1.74 bits per heavy atom. The zero-order chi connectivity index (χ0) is 19.2. The quantitative estimate of drug-likeness (QED) is 0.814. The fraction of sp³-hybridized carbons (Fsp3) is 0.300. The molecule has 27 heavy (non-hydrogen) atoms. The number of amides is 2. The molecule has 2 N–H and O–H groups in total. The van der Waals surface area contributed by atoms with Gasteiger partial charge in [0.05, 0.1) is 6.42 Å². The monoisotopic (exact) mass is 363 g/mol. The molecule has 0 saturated carbocycles. The summed E-state index contributed by atoms with van der Waals surface area (Å²) in [7, 11) is 5.80. The van der Waals surface area contributed by atoms with E-state index in [0.717, 1.165) is 18.8 Å². The van der Waals surface area contributed by atoms with Gasteiger partial charge in [-0.1, -0.05) is 47.9 Å². The number of carbonyl (C=O) groups is 2. The fourth-order valence-corrected chi connectivity index (χ4v) is 3.27. The third-order valence-electron chi connectivity index (χ3n) is 4.65. The minimum Gasteiger partial charge on any atom is -0.441 e. The first-order valence-electron chi connectivity index (χ1n) is 8.92. The fourth-order valence-electron chi connectivity index (χ4n) is 3.27. The molecule has 2 aromatic carbocycles. The lowest BCUT2D eigenvalue weighted by atomic mass is 9.92. The van der Waals surface area contributed by atoms with E-state index in [0.29, 0.717) is 24.1 Å². The molecule has 1 fully saturated rings. The summed E-state index contributed by atoms with van der Waals surface area (Å²) in [5.41, 5.74) is 7.53. The van der Waals surface area contributed by atoms with Crippen molar-refractivity contribution in [1.82, 2.24) is 4.90 Å². The standard InChI is InChI=1S/C20H22BN3O3/c21-16-6-4-5-15(13-16)18(27-20(22)26)14-19(25)24-11-9-23(10-12-24)17-7-2-1-3-8-17/h1-8,13,18H,9-12,14H2,(H2,22,26). The lowest BCUT2D eigenvalue weighted by Gasteiger charge is -2.36. The number of carbonyl (C=O) groups excluding carboxylic acids is 2. The minimum absolute atomic E-state index is 0.0394. The summed E-state index contributed by atoms with van der Waals surface area (Å²) in [4.78, 5) is 28.0. The lowest BCUT2D eigenvalue weighted by Crippen LogP contribution is -2.49. The second-order valence-electron chi connectivity index (χ2n) is 6.50. The molecule has 2 aromatic rings. The first-order chi connectivity index (χ1) is 13.0. The van der Waals surface area contributed by atoms with Crippen molar-refractivity contribution < 1.29 is 14.3 Å². The molecule has 2 amide bonds. The number of piperazine rings is 1. The van der Waals surface area contributed by atoms with E-state index in [9.17, 15) is 9.59 Å². The van der Waals surface area contributed by atoms with E-state index in [-0.39, 0.29) is 12.3 Å². The molecular formula is C20H22BN3O3. The highest BCUT2D eigenvalue weighted by Gasteiger charge is 2.26. The molecule has 1 heterocycles. The van der Waals surface area contributed by atoms with E-state index in [1.165, 1.54) is 0 Å². The molecule has 0 spiro atoms. The number of para-hydroxylation sites is 1. The van der Waals surface area contributed by atoms with Gasteiger partial charge in [-0.25, -0.2) is 4.79 Å². The van der Waals surface area contributed by atoms with Gasteiger partial charge in [-0.05, 0) is 17.7 Å². The molecule has 1 atom stereocenters. The van der Waals surface area contributed by atoms with Crippen LogP contribution in [0.5, 0.6) is 0 Å². The van der Waals surface area contributed by atoms with Gasteiger partial charge in [0.15, 0.2) is 0 Å². The Bertz CT molecular complexity index is 792. The van der Waals surface area contributed by atoms with Gasteiger partial charge in [-0.2, -0.15) is 0 Å². The second-order valence-corrected chi connectivity index (χ2v) is 6.50. The van der Waals surface area contributed by atoms with Gasteiger partial charge in [0.1, 0.15) is 14.0 Å². The summed E-state index contributed by atoms with van der Waals surface area (Å²) in [6, 6.07) is 17.1. The van der Waals surface area contributed by atoms with E-state index in [1.54, 1.807) is 29.2 Å². The Labute approximate surface area is 160 Å². The topological polar surface area (TPSA) is 75.9 Å². The van der Waals surface area contributed by atoms with Crippen LogP contribution >= 0.6 is 0 Å². The van der Waals surface area contributed by atoms with Crippen LogP contribution in [0.2, 0.25) is 0 Å². The molecule has 2 radical (unpaired) electrons. The van der Waals surface area contributed by atoms with Crippen molar-refractivity contribution in [3.05, 3.63) is 60.2 Å². The van der Waals surface area contributed by atoms with Crippen LogP contribution in [0.4, 0.5) is 10.5 Å². The number of nitrogens with two attached hydrogens (primary N) is 1. The van der Waals surface area contributed by atoms with Gasteiger partial charge in [0.25, 0.3) is 0 Å². The molecule has 1 unspecified atom stereocenters. The smallest absolute Gasteiger partial charge is 0.405 e. The third kappa shape index (κ3) is 5.03. The van der Waals surface area contributed by atoms with Crippen LogP contribution in [-0.2, 0) is 9.53 Å². The first kappa shape index (κ1) is 18.8. The summed E-state index contributed by atoms with van der Waals surface area (Å²) in [6.07, 6.45) is -1.62. The minimum atomic E-state index is -0.913.